The number of benzene rings is 1. The lowest BCUT2D eigenvalue weighted by atomic mass is 10.2. The van der Waals surface area contributed by atoms with Gasteiger partial charge in [0.1, 0.15) is 11.4 Å². The van der Waals surface area contributed by atoms with Gasteiger partial charge in [-0.15, -0.1) is 11.3 Å². The Hall–Kier alpha value is -1.92. The average molecular weight is 280 g/mol. The summed E-state index contributed by atoms with van der Waals surface area (Å²) in [5, 5.41) is 15.5. The van der Waals surface area contributed by atoms with Crippen molar-refractivity contribution in [1.82, 2.24) is 15.1 Å². The molecule has 0 aliphatic carbocycles. The monoisotopic (exact) mass is 279 g/mol. The predicted octanol–water partition coefficient (Wildman–Crippen LogP) is 3.22. The number of halogens is 1. The molecule has 0 unspecified atom stereocenters. The fourth-order valence-electron chi connectivity index (χ4n) is 1.44. The molecule has 0 radical (unpaired) electrons. The molecule has 0 atom stereocenters. The molecule has 2 heterocycles. The summed E-state index contributed by atoms with van der Waals surface area (Å²) in [4.78, 5) is 8.28. The number of aromatic nitrogens is 3. The van der Waals surface area contributed by atoms with Gasteiger partial charge in [0.15, 0.2) is 0 Å². The highest BCUT2D eigenvalue weighted by molar-refractivity contribution is 7.07. The van der Waals surface area contributed by atoms with Gasteiger partial charge in [0, 0.05) is 5.38 Å². The van der Waals surface area contributed by atoms with E-state index in [2.05, 4.69) is 15.1 Å². The van der Waals surface area contributed by atoms with Crippen molar-refractivity contribution in [2.24, 2.45) is 0 Å². The summed E-state index contributed by atoms with van der Waals surface area (Å²) in [6.45, 7) is 0. The minimum absolute atomic E-state index is 0.0859. The molecule has 5 nitrogen and oxygen atoms in total. The van der Waals surface area contributed by atoms with Crippen molar-refractivity contribution in [1.29, 1.82) is 0 Å². The summed E-state index contributed by atoms with van der Waals surface area (Å²) in [7, 11) is 0. The van der Waals surface area contributed by atoms with Crippen LogP contribution >= 0.6 is 22.9 Å². The van der Waals surface area contributed by atoms with Gasteiger partial charge < -0.3 is 9.63 Å². The van der Waals surface area contributed by atoms with Crippen LogP contribution in [0.2, 0.25) is 5.02 Å². The van der Waals surface area contributed by atoms with Crippen molar-refractivity contribution < 1.29 is 9.63 Å². The maximum Gasteiger partial charge on any atom is 0.259 e. The van der Waals surface area contributed by atoms with Gasteiger partial charge in [-0.3, -0.25) is 0 Å². The number of rotatable bonds is 2. The number of hydrogen-bond acceptors (Lipinski definition) is 6. The van der Waals surface area contributed by atoms with Crippen LogP contribution in [-0.4, -0.2) is 20.2 Å². The lowest BCUT2D eigenvalue weighted by molar-refractivity contribution is 0.431. The number of aromatic hydroxyl groups is 1. The average Bonchev–Trinajstić information content (AvgIpc) is 3.00. The molecule has 1 aromatic carbocycles. The maximum absolute atomic E-state index is 9.43. The van der Waals surface area contributed by atoms with Gasteiger partial charge in [0.25, 0.3) is 5.89 Å². The van der Waals surface area contributed by atoms with E-state index in [-0.39, 0.29) is 11.6 Å². The highest BCUT2D eigenvalue weighted by Gasteiger charge is 2.14. The SMILES string of the molecule is Oc1ccc(Cl)c(-c2nc(-c3cscn3)no2)c1. The van der Waals surface area contributed by atoms with Crippen LogP contribution in [0.15, 0.2) is 33.6 Å². The second kappa shape index (κ2) is 4.40. The maximum atomic E-state index is 9.43. The third-order valence-corrected chi connectivity index (χ3v) is 3.18. The van der Waals surface area contributed by atoms with Gasteiger partial charge >= 0.3 is 0 Å². The molecule has 0 spiro atoms. The van der Waals surface area contributed by atoms with Crippen molar-refractivity contribution in [2.75, 3.05) is 0 Å². The first-order valence-corrected chi connectivity index (χ1v) is 6.27. The molecule has 18 heavy (non-hydrogen) atoms. The number of phenols is 1. The van der Waals surface area contributed by atoms with Crippen LogP contribution in [-0.2, 0) is 0 Å². The van der Waals surface area contributed by atoms with Crippen molar-refractivity contribution in [3.63, 3.8) is 0 Å². The lowest BCUT2D eigenvalue weighted by Crippen LogP contribution is -1.82. The molecule has 0 bridgehead atoms. The van der Waals surface area contributed by atoms with E-state index in [4.69, 9.17) is 16.1 Å². The first-order chi connectivity index (χ1) is 8.74. The van der Waals surface area contributed by atoms with E-state index in [0.717, 1.165) is 0 Å². The Morgan fingerprint density at radius 2 is 2.22 bits per heavy atom. The summed E-state index contributed by atoms with van der Waals surface area (Å²) in [5.74, 6) is 0.729. The second-order valence-corrected chi connectivity index (χ2v) is 4.59. The number of nitrogens with zero attached hydrogens (tertiary/aromatic N) is 3. The molecule has 0 saturated heterocycles. The van der Waals surface area contributed by atoms with Crippen LogP contribution in [0.1, 0.15) is 0 Å². The molecule has 0 fully saturated rings. The van der Waals surface area contributed by atoms with E-state index in [1.165, 1.54) is 23.5 Å². The van der Waals surface area contributed by atoms with Crippen molar-refractivity contribution >= 4 is 22.9 Å². The summed E-state index contributed by atoms with van der Waals surface area (Å²) < 4.78 is 5.12. The smallest absolute Gasteiger partial charge is 0.259 e. The minimum atomic E-state index is 0.0859. The fourth-order valence-corrected chi connectivity index (χ4v) is 2.17. The molecule has 3 rings (SSSR count). The minimum Gasteiger partial charge on any atom is -0.508 e. The van der Waals surface area contributed by atoms with Crippen molar-refractivity contribution in [3.8, 4) is 28.7 Å². The van der Waals surface area contributed by atoms with Crippen LogP contribution in [0.5, 0.6) is 5.75 Å². The zero-order valence-corrected chi connectivity index (χ0v) is 10.4. The van der Waals surface area contributed by atoms with E-state index in [1.807, 2.05) is 5.38 Å². The standard InChI is InChI=1S/C11H6ClN3O2S/c12-8-2-1-6(16)3-7(8)11-14-10(15-17-11)9-4-18-5-13-9/h1-5,16H. The predicted molar refractivity (Wildman–Crippen MR) is 67.5 cm³/mol. The van der Waals surface area contributed by atoms with E-state index >= 15 is 0 Å². The van der Waals surface area contributed by atoms with E-state index in [9.17, 15) is 5.11 Å². The Morgan fingerprint density at radius 1 is 1.33 bits per heavy atom. The third kappa shape index (κ3) is 1.96. The number of thiazole rings is 1. The van der Waals surface area contributed by atoms with Crippen LogP contribution in [0, 0.1) is 0 Å². The molecule has 0 aliphatic heterocycles. The van der Waals surface area contributed by atoms with Gasteiger partial charge in [0.2, 0.25) is 5.82 Å². The van der Waals surface area contributed by atoms with Crippen molar-refractivity contribution in [3.05, 3.63) is 34.1 Å². The normalized spacial score (nSPS) is 10.7. The zero-order valence-electron chi connectivity index (χ0n) is 8.87. The zero-order chi connectivity index (χ0) is 12.5. The summed E-state index contributed by atoms with van der Waals surface area (Å²) in [5.41, 5.74) is 2.82. The largest absolute Gasteiger partial charge is 0.508 e. The molecule has 3 aromatic rings. The van der Waals surface area contributed by atoms with Crippen molar-refractivity contribution in [2.45, 2.75) is 0 Å². The highest BCUT2D eigenvalue weighted by Crippen LogP contribution is 2.31. The molecule has 1 N–H and O–H groups in total. The Kier molecular flexibility index (Phi) is 2.73. The third-order valence-electron chi connectivity index (χ3n) is 2.27. The Balaban J connectivity index is 2.05. The van der Waals surface area contributed by atoms with Crippen LogP contribution in [0.4, 0.5) is 0 Å². The van der Waals surface area contributed by atoms with Crippen LogP contribution < -0.4 is 0 Å². The van der Waals surface area contributed by atoms with Gasteiger partial charge in [-0.1, -0.05) is 16.8 Å². The molecular formula is C11H6ClN3O2S. The van der Waals surface area contributed by atoms with Crippen LogP contribution in [0.25, 0.3) is 23.0 Å². The van der Waals surface area contributed by atoms with E-state index in [0.29, 0.717) is 22.1 Å². The lowest BCUT2D eigenvalue weighted by Gasteiger charge is -1.98. The fraction of sp³-hybridized carbons (Fsp3) is 0. The van der Waals surface area contributed by atoms with E-state index < -0.39 is 0 Å². The van der Waals surface area contributed by atoms with Gasteiger partial charge in [-0.25, -0.2) is 4.98 Å². The van der Waals surface area contributed by atoms with Gasteiger partial charge in [0.05, 0.1) is 16.1 Å². The molecular weight excluding hydrogens is 274 g/mol. The van der Waals surface area contributed by atoms with Crippen LogP contribution in [0.3, 0.4) is 0 Å². The van der Waals surface area contributed by atoms with Gasteiger partial charge in [-0.2, -0.15) is 4.98 Å². The van der Waals surface area contributed by atoms with Gasteiger partial charge in [-0.05, 0) is 18.2 Å². The molecule has 0 amide bonds. The molecule has 2 aromatic heterocycles. The Labute approximate surface area is 111 Å². The molecule has 0 aliphatic rings. The number of phenolic OH excluding ortho intramolecular Hbond substituents is 1. The molecule has 0 saturated carbocycles. The quantitative estimate of drug-likeness (QED) is 0.780. The summed E-state index contributed by atoms with van der Waals surface area (Å²) in [6, 6.07) is 4.53. The first-order valence-electron chi connectivity index (χ1n) is 4.95. The summed E-state index contributed by atoms with van der Waals surface area (Å²) in [6.07, 6.45) is 0. The number of hydrogen-bond donors (Lipinski definition) is 1. The van der Waals surface area contributed by atoms with E-state index in [1.54, 1.807) is 11.6 Å². The molecule has 90 valence electrons. The summed E-state index contributed by atoms with van der Waals surface area (Å²) >= 11 is 7.46. The Bertz CT molecular complexity index is 681. The second-order valence-electron chi connectivity index (χ2n) is 3.46. The molecule has 7 heteroatoms. The highest BCUT2D eigenvalue weighted by atomic mass is 35.5. The topological polar surface area (TPSA) is 72.0 Å². The Morgan fingerprint density at radius 3 is 3.00 bits per heavy atom. The first kappa shape index (κ1) is 11.2.